The van der Waals surface area contributed by atoms with Gasteiger partial charge in [-0.25, -0.2) is 0 Å². The number of hydrogen-bond donors (Lipinski definition) is 1. The summed E-state index contributed by atoms with van der Waals surface area (Å²) in [4.78, 5) is 26.0. The van der Waals surface area contributed by atoms with Crippen LogP contribution in [0.5, 0.6) is 0 Å². The lowest BCUT2D eigenvalue weighted by Crippen LogP contribution is -2.40. The Balaban J connectivity index is 2.08. The number of rotatable bonds is 3. The van der Waals surface area contributed by atoms with Crippen LogP contribution in [0.1, 0.15) is 43.7 Å². The van der Waals surface area contributed by atoms with Crippen LogP contribution in [0.3, 0.4) is 0 Å². The van der Waals surface area contributed by atoms with Crippen molar-refractivity contribution >= 4 is 23.5 Å². The van der Waals surface area contributed by atoms with Crippen molar-refractivity contribution in [3.8, 4) is 0 Å². The van der Waals surface area contributed by atoms with E-state index in [9.17, 15) is 14.7 Å². The Hall–Kier alpha value is -1.55. The van der Waals surface area contributed by atoms with Gasteiger partial charge < -0.3 is 10.0 Å². The first-order valence-corrected chi connectivity index (χ1v) is 7.76. The smallest absolute Gasteiger partial charge is 0.308 e. The number of carbonyl (C=O) groups is 2. The van der Waals surface area contributed by atoms with E-state index in [2.05, 4.69) is 0 Å². The molecule has 1 saturated heterocycles. The summed E-state index contributed by atoms with van der Waals surface area (Å²) in [6.07, 6.45) is 3.49. The van der Waals surface area contributed by atoms with Gasteiger partial charge in [0, 0.05) is 17.5 Å². The maximum atomic E-state index is 12.4. The average molecular weight is 308 g/mol. The fraction of sp³-hybridized carbons (Fsp3) is 0.500. The van der Waals surface area contributed by atoms with E-state index in [0.29, 0.717) is 24.3 Å². The third kappa shape index (κ3) is 2.77. The van der Waals surface area contributed by atoms with Gasteiger partial charge in [-0.2, -0.15) is 0 Å². The van der Waals surface area contributed by atoms with Gasteiger partial charge in [0.05, 0.1) is 12.0 Å². The van der Waals surface area contributed by atoms with E-state index >= 15 is 0 Å². The fourth-order valence-electron chi connectivity index (χ4n) is 3.23. The zero-order valence-corrected chi connectivity index (χ0v) is 12.4. The van der Waals surface area contributed by atoms with Crippen molar-refractivity contribution in [1.82, 2.24) is 4.90 Å². The first kappa shape index (κ1) is 14.4. The van der Waals surface area contributed by atoms with E-state index in [4.69, 9.17) is 11.6 Å². The minimum absolute atomic E-state index is 0.0613. The maximum absolute atomic E-state index is 12.4. The summed E-state index contributed by atoms with van der Waals surface area (Å²) in [5.41, 5.74) is 0.758. The molecule has 21 heavy (non-hydrogen) atoms. The summed E-state index contributed by atoms with van der Waals surface area (Å²) in [6.45, 7) is 0. The predicted molar refractivity (Wildman–Crippen MR) is 79.0 cm³/mol. The molecule has 1 N–H and O–H groups in total. The van der Waals surface area contributed by atoms with Crippen molar-refractivity contribution in [3.05, 3.63) is 34.9 Å². The molecular formula is C16H18ClNO3. The van der Waals surface area contributed by atoms with Crippen LogP contribution in [0.15, 0.2) is 24.3 Å². The van der Waals surface area contributed by atoms with Crippen molar-refractivity contribution < 1.29 is 14.7 Å². The van der Waals surface area contributed by atoms with E-state index < -0.39 is 17.9 Å². The summed E-state index contributed by atoms with van der Waals surface area (Å²) in [6, 6.07) is 7.01. The molecule has 0 spiro atoms. The van der Waals surface area contributed by atoms with Crippen LogP contribution in [0.2, 0.25) is 5.02 Å². The predicted octanol–water partition coefficient (Wildman–Crippen LogP) is 3.26. The number of nitrogens with zero attached hydrogens (tertiary/aromatic N) is 1. The molecule has 1 aromatic carbocycles. The van der Waals surface area contributed by atoms with Crippen LogP contribution in [-0.2, 0) is 9.59 Å². The lowest BCUT2D eigenvalue weighted by Gasteiger charge is -2.34. The molecular weight excluding hydrogens is 290 g/mol. The Morgan fingerprint density at radius 3 is 2.57 bits per heavy atom. The summed E-state index contributed by atoms with van der Waals surface area (Å²) in [7, 11) is 0. The zero-order valence-electron chi connectivity index (χ0n) is 11.7. The molecule has 1 aliphatic carbocycles. The van der Waals surface area contributed by atoms with E-state index in [0.717, 1.165) is 18.4 Å². The molecule has 1 aromatic rings. The van der Waals surface area contributed by atoms with Crippen LogP contribution in [-0.4, -0.2) is 27.9 Å². The second-order valence-corrected chi connectivity index (χ2v) is 6.24. The molecule has 112 valence electrons. The Bertz CT molecular complexity index is 570. The average Bonchev–Trinajstić information content (AvgIpc) is 3.26. The number of carboxylic acid groups (broad SMARTS) is 1. The largest absolute Gasteiger partial charge is 0.481 e. The number of hydrogen-bond acceptors (Lipinski definition) is 2. The van der Waals surface area contributed by atoms with Gasteiger partial charge in [-0.05, 0) is 37.3 Å². The van der Waals surface area contributed by atoms with Gasteiger partial charge in [-0.15, -0.1) is 0 Å². The number of halogens is 1. The zero-order chi connectivity index (χ0) is 15.0. The van der Waals surface area contributed by atoms with E-state index in [1.54, 1.807) is 11.0 Å². The number of carbonyl (C=O) groups excluding carboxylic acids is 1. The topological polar surface area (TPSA) is 57.6 Å². The van der Waals surface area contributed by atoms with Crippen LogP contribution < -0.4 is 0 Å². The molecule has 1 amide bonds. The van der Waals surface area contributed by atoms with Crippen molar-refractivity contribution in [3.63, 3.8) is 0 Å². The number of amides is 1. The molecule has 3 rings (SSSR count). The second-order valence-electron chi connectivity index (χ2n) is 5.84. The lowest BCUT2D eigenvalue weighted by molar-refractivity contribution is -0.146. The van der Waals surface area contributed by atoms with Crippen molar-refractivity contribution in [2.45, 2.75) is 44.2 Å². The van der Waals surface area contributed by atoms with Gasteiger partial charge in [0.2, 0.25) is 5.91 Å². The molecule has 0 radical (unpaired) electrons. The molecule has 1 aliphatic heterocycles. The van der Waals surface area contributed by atoms with Gasteiger partial charge in [0.1, 0.15) is 0 Å². The molecule has 2 fully saturated rings. The third-order valence-electron chi connectivity index (χ3n) is 4.36. The summed E-state index contributed by atoms with van der Waals surface area (Å²) in [5, 5.41) is 10.1. The SMILES string of the molecule is O=C(O)C1CCCC(=O)N(C2CC2)C1c1ccccc1Cl. The molecule has 4 nitrogen and oxygen atoms in total. The number of benzene rings is 1. The molecule has 1 heterocycles. The van der Waals surface area contributed by atoms with Gasteiger partial charge in [-0.1, -0.05) is 29.8 Å². The summed E-state index contributed by atoms with van der Waals surface area (Å²) in [5.74, 6) is -1.37. The lowest BCUT2D eigenvalue weighted by atomic mass is 9.89. The molecule has 2 aliphatic rings. The van der Waals surface area contributed by atoms with Gasteiger partial charge in [0.25, 0.3) is 0 Å². The van der Waals surface area contributed by atoms with Crippen LogP contribution in [0.4, 0.5) is 0 Å². The van der Waals surface area contributed by atoms with Crippen LogP contribution in [0, 0.1) is 5.92 Å². The van der Waals surface area contributed by atoms with Gasteiger partial charge >= 0.3 is 5.97 Å². The highest BCUT2D eigenvalue weighted by molar-refractivity contribution is 6.31. The highest BCUT2D eigenvalue weighted by Gasteiger charge is 2.45. The Kier molecular flexibility index (Phi) is 3.89. The number of carboxylic acids is 1. The monoisotopic (exact) mass is 307 g/mol. The summed E-state index contributed by atoms with van der Waals surface area (Å²) >= 11 is 6.29. The fourth-order valence-corrected chi connectivity index (χ4v) is 3.48. The van der Waals surface area contributed by atoms with Gasteiger partial charge in [-0.3, -0.25) is 9.59 Å². The van der Waals surface area contributed by atoms with Crippen LogP contribution in [0.25, 0.3) is 0 Å². The number of likely N-dealkylation sites (tertiary alicyclic amines) is 1. The van der Waals surface area contributed by atoms with Crippen molar-refractivity contribution in [1.29, 1.82) is 0 Å². The molecule has 2 unspecified atom stereocenters. The maximum Gasteiger partial charge on any atom is 0.308 e. The minimum atomic E-state index is -0.847. The summed E-state index contributed by atoms with van der Waals surface area (Å²) < 4.78 is 0. The normalized spacial score (nSPS) is 26.5. The molecule has 1 saturated carbocycles. The van der Waals surface area contributed by atoms with Crippen LogP contribution >= 0.6 is 11.6 Å². The second kappa shape index (κ2) is 5.68. The first-order chi connectivity index (χ1) is 10.1. The van der Waals surface area contributed by atoms with Crippen molar-refractivity contribution in [2.75, 3.05) is 0 Å². The Labute approximate surface area is 128 Å². The third-order valence-corrected chi connectivity index (χ3v) is 4.70. The molecule has 5 heteroatoms. The molecule has 2 atom stereocenters. The van der Waals surface area contributed by atoms with Crippen molar-refractivity contribution in [2.24, 2.45) is 5.92 Å². The molecule has 0 aromatic heterocycles. The standard InChI is InChI=1S/C16H18ClNO3/c17-13-6-2-1-4-11(13)15-12(16(20)21)5-3-7-14(19)18(15)10-8-9-10/h1-2,4,6,10,12,15H,3,5,7-9H2,(H,20,21). The minimum Gasteiger partial charge on any atom is -0.481 e. The van der Waals surface area contributed by atoms with E-state index in [-0.39, 0.29) is 11.9 Å². The van der Waals surface area contributed by atoms with E-state index in [1.807, 2.05) is 18.2 Å². The first-order valence-electron chi connectivity index (χ1n) is 7.38. The number of aliphatic carboxylic acids is 1. The van der Waals surface area contributed by atoms with Gasteiger partial charge in [0.15, 0.2) is 0 Å². The quantitative estimate of drug-likeness (QED) is 0.932. The Morgan fingerprint density at radius 2 is 1.95 bits per heavy atom. The Morgan fingerprint density at radius 1 is 1.24 bits per heavy atom. The highest BCUT2D eigenvalue weighted by Crippen LogP contribution is 2.44. The molecule has 0 bridgehead atoms. The van der Waals surface area contributed by atoms with E-state index in [1.165, 1.54) is 0 Å². The highest BCUT2D eigenvalue weighted by atomic mass is 35.5.